The Kier molecular flexibility index (Phi) is 4.49. The number of non-ortho nitro benzene ring substituents is 1. The van der Waals surface area contributed by atoms with Crippen molar-refractivity contribution in [2.75, 3.05) is 12.4 Å². The zero-order valence-electron chi connectivity index (χ0n) is 10.9. The largest absolute Gasteiger partial charge is 0.494 e. The van der Waals surface area contributed by atoms with Gasteiger partial charge in [0, 0.05) is 16.7 Å². The highest BCUT2D eigenvalue weighted by Crippen LogP contribution is 2.29. The molecule has 0 spiro atoms. The van der Waals surface area contributed by atoms with Gasteiger partial charge >= 0.3 is 0 Å². The molecule has 7 nitrogen and oxygen atoms in total. The number of nitro benzene ring substituents is 1. The van der Waals surface area contributed by atoms with E-state index >= 15 is 0 Å². The predicted molar refractivity (Wildman–Crippen MR) is 79.5 cm³/mol. The lowest BCUT2D eigenvalue weighted by atomic mass is 10.2. The number of carbonyl (C=O) groups excluding carboxylic acids is 1. The topological polar surface area (TPSA) is 94.4 Å². The molecular weight excluding hydrogens is 342 g/mol. The van der Waals surface area contributed by atoms with E-state index in [1.807, 2.05) is 0 Å². The zero-order valence-corrected chi connectivity index (χ0v) is 12.5. The number of nitrogens with one attached hydrogen (secondary N) is 1. The number of amides is 1. The van der Waals surface area contributed by atoms with E-state index in [0.29, 0.717) is 5.69 Å². The van der Waals surface area contributed by atoms with Gasteiger partial charge in [-0.25, -0.2) is 4.98 Å². The van der Waals surface area contributed by atoms with Gasteiger partial charge < -0.3 is 10.1 Å². The van der Waals surface area contributed by atoms with Crippen molar-refractivity contribution in [2.24, 2.45) is 0 Å². The number of hydrogen-bond donors (Lipinski definition) is 1. The average Bonchev–Trinajstić information content (AvgIpc) is 2.48. The molecule has 1 amide bonds. The molecule has 0 unspecified atom stereocenters. The molecule has 0 aliphatic carbocycles. The maximum Gasteiger partial charge on any atom is 0.274 e. The Balaban J connectivity index is 2.24. The smallest absolute Gasteiger partial charge is 0.274 e. The second kappa shape index (κ2) is 6.31. The predicted octanol–water partition coefficient (Wildman–Crippen LogP) is 3.01. The lowest BCUT2D eigenvalue weighted by molar-refractivity contribution is -0.384. The van der Waals surface area contributed by atoms with Crippen LogP contribution in [-0.2, 0) is 0 Å². The van der Waals surface area contributed by atoms with Crippen molar-refractivity contribution in [2.45, 2.75) is 0 Å². The minimum absolute atomic E-state index is 0.119. The molecule has 21 heavy (non-hydrogen) atoms. The molecule has 0 saturated carbocycles. The number of methoxy groups -OCH3 is 1. The van der Waals surface area contributed by atoms with Crippen LogP contribution in [-0.4, -0.2) is 22.9 Å². The number of ether oxygens (including phenoxy) is 1. The first kappa shape index (κ1) is 14.9. The summed E-state index contributed by atoms with van der Waals surface area (Å²) in [7, 11) is 1.37. The molecule has 0 fully saturated rings. The highest BCUT2D eigenvalue weighted by molar-refractivity contribution is 9.10. The highest BCUT2D eigenvalue weighted by atomic mass is 79.9. The van der Waals surface area contributed by atoms with Crippen LogP contribution in [0.1, 0.15) is 10.5 Å². The van der Waals surface area contributed by atoms with Crippen molar-refractivity contribution in [3.8, 4) is 5.75 Å². The van der Waals surface area contributed by atoms with Gasteiger partial charge in [-0.2, -0.15) is 0 Å². The van der Waals surface area contributed by atoms with Crippen molar-refractivity contribution < 1.29 is 14.5 Å². The van der Waals surface area contributed by atoms with Crippen molar-refractivity contribution in [3.63, 3.8) is 0 Å². The number of hydrogen-bond acceptors (Lipinski definition) is 5. The second-order valence-electron chi connectivity index (χ2n) is 3.96. The number of pyridine rings is 1. The summed E-state index contributed by atoms with van der Waals surface area (Å²) in [6.07, 6.45) is 1.50. The SMILES string of the molecule is COc1cc([N+](=O)[O-])ccc1NC(=O)c1ccc(Br)cn1. The number of carbonyl (C=O) groups is 1. The molecule has 0 atom stereocenters. The fraction of sp³-hybridized carbons (Fsp3) is 0.0769. The van der Waals surface area contributed by atoms with E-state index in [4.69, 9.17) is 4.74 Å². The van der Waals surface area contributed by atoms with Gasteiger partial charge in [-0.1, -0.05) is 0 Å². The van der Waals surface area contributed by atoms with Gasteiger partial charge in [0.25, 0.3) is 11.6 Å². The van der Waals surface area contributed by atoms with Crippen molar-refractivity contribution in [1.82, 2.24) is 4.98 Å². The third-order valence-corrected chi connectivity index (χ3v) is 3.07. The number of halogens is 1. The first-order valence-electron chi connectivity index (χ1n) is 5.76. The summed E-state index contributed by atoms with van der Waals surface area (Å²) in [6, 6.07) is 7.18. The number of rotatable bonds is 4. The number of aromatic nitrogens is 1. The molecule has 108 valence electrons. The normalized spacial score (nSPS) is 10.0. The van der Waals surface area contributed by atoms with Gasteiger partial charge in [0.2, 0.25) is 0 Å². The minimum atomic E-state index is -0.537. The molecule has 0 aliphatic heterocycles. The van der Waals surface area contributed by atoms with Crippen LogP contribution < -0.4 is 10.1 Å². The first-order chi connectivity index (χ1) is 10.0. The summed E-state index contributed by atoms with van der Waals surface area (Å²) in [6.45, 7) is 0. The minimum Gasteiger partial charge on any atom is -0.494 e. The number of nitrogens with zero attached hydrogens (tertiary/aromatic N) is 2. The Bertz CT molecular complexity index is 688. The van der Waals surface area contributed by atoms with Crippen LogP contribution in [0.3, 0.4) is 0 Å². The fourth-order valence-corrected chi connectivity index (χ4v) is 1.83. The zero-order chi connectivity index (χ0) is 15.4. The molecule has 2 rings (SSSR count). The summed E-state index contributed by atoms with van der Waals surface area (Å²) in [5.41, 5.74) is 0.433. The third kappa shape index (κ3) is 3.54. The summed E-state index contributed by atoms with van der Waals surface area (Å²) in [5, 5.41) is 13.3. The Labute approximate surface area is 128 Å². The molecule has 0 aliphatic rings. The Morgan fingerprint density at radius 1 is 1.38 bits per heavy atom. The van der Waals surface area contributed by atoms with Gasteiger partial charge in [0.15, 0.2) is 0 Å². The summed E-state index contributed by atoms with van der Waals surface area (Å²) in [4.78, 5) is 26.2. The third-order valence-electron chi connectivity index (χ3n) is 2.60. The van der Waals surface area contributed by atoms with E-state index in [1.165, 1.54) is 31.5 Å². The number of anilines is 1. The van der Waals surface area contributed by atoms with Crippen LogP contribution in [0.15, 0.2) is 41.0 Å². The molecule has 0 saturated heterocycles. The average molecular weight is 352 g/mol. The Morgan fingerprint density at radius 3 is 2.71 bits per heavy atom. The molecule has 8 heteroatoms. The first-order valence-corrected chi connectivity index (χ1v) is 6.56. The monoisotopic (exact) mass is 351 g/mol. The molecular formula is C13H10BrN3O4. The van der Waals surface area contributed by atoms with Crippen molar-refractivity contribution in [1.29, 1.82) is 0 Å². The van der Waals surface area contributed by atoms with Gasteiger partial charge in [-0.3, -0.25) is 14.9 Å². The van der Waals surface area contributed by atoms with E-state index in [9.17, 15) is 14.9 Å². The lowest BCUT2D eigenvalue weighted by Gasteiger charge is -2.09. The van der Waals surface area contributed by atoms with Gasteiger partial charge in [0.1, 0.15) is 11.4 Å². The molecule has 1 heterocycles. The van der Waals surface area contributed by atoms with E-state index in [0.717, 1.165) is 4.47 Å². The highest BCUT2D eigenvalue weighted by Gasteiger charge is 2.14. The number of nitro groups is 1. The molecule has 2 aromatic rings. The maximum atomic E-state index is 12.0. The van der Waals surface area contributed by atoms with Gasteiger partial charge in [0.05, 0.1) is 23.8 Å². The van der Waals surface area contributed by atoms with E-state index in [1.54, 1.807) is 12.1 Å². The van der Waals surface area contributed by atoms with Gasteiger partial charge in [-0.15, -0.1) is 0 Å². The van der Waals surface area contributed by atoms with E-state index in [2.05, 4.69) is 26.2 Å². The van der Waals surface area contributed by atoms with Crippen LogP contribution >= 0.6 is 15.9 Å². The summed E-state index contributed by atoms with van der Waals surface area (Å²) >= 11 is 3.23. The number of benzene rings is 1. The van der Waals surface area contributed by atoms with Crippen LogP contribution in [0.2, 0.25) is 0 Å². The summed E-state index contributed by atoms with van der Waals surface area (Å²) < 4.78 is 5.80. The van der Waals surface area contributed by atoms with Crippen LogP contribution in [0, 0.1) is 10.1 Å². The molecule has 1 aromatic heterocycles. The standard InChI is InChI=1S/C13H10BrN3O4/c1-21-12-6-9(17(19)20)3-5-10(12)16-13(18)11-4-2-8(14)7-15-11/h2-7H,1H3,(H,16,18). The van der Waals surface area contributed by atoms with E-state index < -0.39 is 10.8 Å². The fourth-order valence-electron chi connectivity index (χ4n) is 1.59. The Hall–Kier alpha value is -2.48. The second-order valence-corrected chi connectivity index (χ2v) is 4.87. The molecule has 0 bridgehead atoms. The van der Waals surface area contributed by atoms with Crippen LogP contribution in [0.25, 0.3) is 0 Å². The van der Waals surface area contributed by atoms with E-state index in [-0.39, 0.29) is 17.1 Å². The maximum absolute atomic E-state index is 12.0. The molecule has 1 N–H and O–H groups in total. The van der Waals surface area contributed by atoms with Gasteiger partial charge in [-0.05, 0) is 34.1 Å². The van der Waals surface area contributed by atoms with Crippen molar-refractivity contribution >= 4 is 33.2 Å². The van der Waals surface area contributed by atoms with Crippen LogP contribution in [0.5, 0.6) is 5.75 Å². The molecule has 1 aromatic carbocycles. The van der Waals surface area contributed by atoms with Crippen molar-refractivity contribution in [3.05, 3.63) is 56.8 Å². The lowest BCUT2D eigenvalue weighted by Crippen LogP contribution is -2.14. The summed E-state index contributed by atoms with van der Waals surface area (Å²) in [5.74, 6) is -0.232. The Morgan fingerprint density at radius 2 is 2.14 bits per heavy atom. The molecule has 0 radical (unpaired) electrons. The van der Waals surface area contributed by atoms with Crippen LogP contribution in [0.4, 0.5) is 11.4 Å². The quantitative estimate of drug-likeness (QED) is 0.674.